The Balaban J connectivity index is 2.60. The van der Waals surface area contributed by atoms with Crippen molar-refractivity contribution in [2.24, 2.45) is 5.92 Å². The molecule has 1 atom stereocenters. The minimum absolute atomic E-state index is 0.0429. The smallest absolute Gasteiger partial charge is 0.326 e. The fraction of sp³-hybridized carbons (Fsp3) is 0.462. The van der Waals surface area contributed by atoms with E-state index >= 15 is 0 Å². The monoisotopic (exact) mass is 281 g/mol. The van der Waals surface area contributed by atoms with Gasteiger partial charge in [-0.3, -0.25) is 4.98 Å². The molecule has 0 aliphatic heterocycles. The number of nitrogens with one attached hydrogen (secondary N) is 1. The zero-order chi connectivity index (χ0) is 14.4. The highest BCUT2D eigenvalue weighted by Crippen LogP contribution is 2.04. The van der Waals surface area contributed by atoms with Gasteiger partial charge in [-0.15, -0.1) is 0 Å². The van der Waals surface area contributed by atoms with Crippen LogP contribution in [0.4, 0.5) is 0 Å². The summed E-state index contributed by atoms with van der Waals surface area (Å²) >= 11 is 5.21. The number of carbonyl (C=O) groups is 1. The standard InChI is InChI=1S/C13H19N3O2S/c1-9(2)11(12(17)18)15-13(19)16(3)8-10-6-4-5-7-14-10/h4-7,9,11H,8H2,1-3H3,(H,15,19)(H,17,18)/t11-/m0/s1. The SMILES string of the molecule is CC(C)[C@H](NC(=S)N(C)Cc1ccccn1)C(=O)O. The topological polar surface area (TPSA) is 65.5 Å². The van der Waals surface area contributed by atoms with Gasteiger partial charge in [0.15, 0.2) is 5.11 Å². The molecule has 0 amide bonds. The maximum atomic E-state index is 11.1. The lowest BCUT2D eigenvalue weighted by atomic mass is 10.1. The Kier molecular flexibility index (Phi) is 5.69. The molecular weight excluding hydrogens is 262 g/mol. The summed E-state index contributed by atoms with van der Waals surface area (Å²) in [5.74, 6) is -0.942. The van der Waals surface area contributed by atoms with Crippen LogP contribution in [0.1, 0.15) is 19.5 Å². The Hall–Kier alpha value is -1.69. The molecule has 104 valence electrons. The lowest BCUT2D eigenvalue weighted by molar-refractivity contribution is -0.140. The van der Waals surface area contributed by atoms with Gasteiger partial charge in [-0.25, -0.2) is 4.79 Å². The molecule has 0 saturated carbocycles. The van der Waals surface area contributed by atoms with E-state index in [-0.39, 0.29) is 5.92 Å². The Morgan fingerprint density at radius 2 is 2.21 bits per heavy atom. The number of hydrogen-bond acceptors (Lipinski definition) is 3. The van der Waals surface area contributed by atoms with E-state index in [1.807, 2.05) is 39.1 Å². The first kappa shape index (κ1) is 15.4. The lowest BCUT2D eigenvalue weighted by Gasteiger charge is -2.25. The van der Waals surface area contributed by atoms with Gasteiger partial charge in [-0.1, -0.05) is 19.9 Å². The van der Waals surface area contributed by atoms with Gasteiger partial charge in [0.05, 0.1) is 12.2 Å². The number of hydrogen-bond donors (Lipinski definition) is 2. The predicted molar refractivity (Wildman–Crippen MR) is 77.7 cm³/mol. The van der Waals surface area contributed by atoms with Crippen LogP contribution in [0.2, 0.25) is 0 Å². The largest absolute Gasteiger partial charge is 0.480 e. The van der Waals surface area contributed by atoms with Crippen molar-refractivity contribution in [3.05, 3.63) is 30.1 Å². The molecule has 19 heavy (non-hydrogen) atoms. The van der Waals surface area contributed by atoms with Crippen LogP contribution in [0, 0.1) is 5.92 Å². The maximum Gasteiger partial charge on any atom is 0.326 e. The van der Waals surface area contributed by atoms with E-state index < -0.39 is 12.0 Å². The van der Waals surface area contributed by atoms with Gasteiger partial charge < -0.3 is 15.3 Å². The van der Waals surface area contributed by atoms with Crippen LogP contribution < -0.4 is 5.32 Å². The zero-order valence-corrected chi connectivity index (χ0v) is 12.1. The van der Waals surface area contributed by atoms with Crippen molar-refractivity contribution in [2.45, 2.75) is 26.4 Å². The van der Waals surface area contributed by atoms with Gasteiger partial charge in [-0.2, -0.15) is 0 Å². The number of carboxylic acid groups (broad SMARTS) is 1. The van der Waals surface area contributed by atoms with Crippen LogP contribution in [0.5, 0.6) is 0 Å². The van der Waals surface area contributed by atoms with Crippen molar-refractivity contribution in [1.82, 2.24) is 15.2 Å². The van der Waals surface area contributed by atoms with Gasteiger partial charge in [0.1, 0.15) is 6.04 Å². The first-order valence-corrected chi connectivity index (χ1v) is 6.47. The van der Waals surface area contributed by atoms with Crippen molar-refractivity contribution in [3.8, 4) is 0 Å². The summed E-state index contributed by atoms with van der Waals surface area (Å²) in [5.41, 5.74) is 0.880. The van der Waals surface area contributed by atoms with Crippen molar-refractivity contribution in [3.63, 3.8) is 0 Å². The summed E-state index contributed by atoms with van der Waals surface area (Å²) in [6.07, 6.45) is 1.72. The molecule has 6 heteroatoms. The number of pyridine rings is 1. The van der Waals surface area contributed by atoms with Crippen LogP contribution in [0.3, 0.4) is 0 Å². The molecule has 0 radical (unpaired) electrons. The van der Waals surface area contributed by atoms with E-state index in [1.54, 1.807) is 11.1 Å². The molecule has 1 rings (SSSR count). The quantitative estimate of drug-likeness (QED) is 0.797. The summed E-state index contributed by atoms with van der Waals surface area (Å²) in [6.45, 7) is 4.22. The third-order valence-electron chi connectivity index (χ3n) is 2.68. The normalized spacial score (nSPS) is 12.0. The van der Waals surface area contributed by atoms with Gasteiger partial charge in [0, 0.05) is 13.2 Å². The molecule has 2 N–H and O–H groups in total. The molecule has 0 spiro atoms. The van der Waals surface area contributed by atoms with E-state index in [4.69, 9.17) is 17.3 Å². The number of nitrogens with zero attached hydrogens (tertiary/aromatic N) is 2. The highest BCUT2D eigenvalue weighted by molar-refractivity contribution is 7.80. The number of thiocarbonyl (C=S) groups is 1. The number of aromatic nitrogens is 1. The van der Waals surface area contributed by atoms with Crippen LogP contribution in [-0.2, 0) is 11.3 Å². The second-order valence-electron chi connectivity index (χ2n) is 4.69. The summed E-state index contributed by atoms with van der Waals surface area (Å²) in [5, 5.41) is 12.4. The van der Waals surface area contributed by atoms with Crippen molar-refractivity contribution in [2.75, 3.05) is 7.05 Å². The summed E-state index contributed by atoms with van der Waals surface area (Å²) in [4.78, 5) is 17.1. The van der Waals surface area contributed by atoms with Crippen LogP contribution in [-0.4, -0.2) is 39.2 Å². The van der Waals surface area contributed by atoms with Crippen molar-refractivity contribution in [1.29, 1.82) is 0 Å². The van der Waals surface area contributed by atoms with Gasteiger partial charge >= 0.3 is 5.97 Å². The highest BCUT2D eigenvalue weighted by atomic mass is 32.1. The highest BCUT2D eigenvalue weighted by Gasteiger charge is 2.23. The first-order chi connectivity index (χ1) is 8.91. The fourth-order valence-corrected chi connectivity index (χ4v) is 1.75. The minimum atomic E-state index is -0.899. The number of rotatable bonds is 5. The Labute approximate surface area is 118 Å². The van der Waals surface area contributed by atoms with Crippen LogP contribution in [0.15, 0.2) is 24.4 Å². The first-order valence-electron chi connectivity index (χ1n) is 6.06. The minimum Gasteiger partial charge on any atom is -0.480 e. The second-order valence-corrected chi connectivity index (χ2v) is 5.07. The van der Waals surface area contributed by atoms with Crippen molar-refractivity contribution >= 4 is 23.3 Å². The van der Waals surface area contributed by atoms with Gasteiger partial charge in [0.2, 0.25) is 0 Å². The predicted octanol–water partition coefficient (Wildman–Crippen LogP) is 1.50. The number of aliphatic carboxylic acids is 1. The van der Waals surface area contributed by atoms with E-state index in [2.05, 4.69) is 10.3 Å². The Morgan fingerprint density at radius 3 is 2.68 bits per heavy atom. The zero-order valence-electron chi connectivity index (χ0n) is 11.3. The average Bonchev–Trinajstić information content (AvgIpc) is 2.35. The summed E-state index contributed by atoms with van der Waals surface area (Å²) in [6, 6.07) is 4.97. The molecular formula is C13H19N3O2S. The van der Waals surface area contributed by atoms with E-state index in [0.717, 1.165) is 5.69 Å². The maximum absolute atomic E-state index is 11.1. The third kappa shape index (κ3) is 4.82. The molecule has 0 fully saturated rings. The summed E-state index contributed by atoms with van der Waals surface area (Å²) < 4.78 is 0. The van der Waals surface area contributed by atoms with E-state index in [0.29, 0.717) is 11.7 Å². The van der Waals surface area contributed by atoms with E-state index in [1.165, 1.54) is 0 Å². The van der Waals surface area contributed by atoms with Crippen LogP contribution in [0.25, 0.3) is 0 Å². The second kappa shape index (κ2) is 7.04. The molecule has 0 bridgehead atoms. The lowest BCUT2D eigenvalue weighted by Crippen LogP contribution is -2.48. The average molecular weight is 281 g/mol. The van der Waals surface area contributed by atoms with Gasteiger partial charge in [-0.05, 0) is 30.3 Å². The van der Waals surface area contributed by atoms with E-state index in [9.17, 15) is 4.79 Å². The molecule has 0 aliphatic carbocycles. The fourth-order valence-electron chi connectivity index (χ4n) is 1.56. The molecule has 0 aliphatic rings. The van der Waals surface area contributed by atoms with Crippen LogP contribution >= 0.6 is 12.2 Å². The number of carboxylic acids is 1. The molecule has 0 unspecified atom stereocenters. The van der Waals surface area contributed by atoms with Crippen molar-refractivity contribution < 1.29 is 9.90 Å². The molecule has 0 aromatic carbocycles. The Bertz CT molecular complexity index is 437. The summed E-state index contributed by atoms with van der Waals surface area (Å²) in [7, 11) is 1.81. The molecule has 5 nitrogen and oxygen atoms in total. The third-order valence-corrected chi connectivity index (χ3v) is 3.11. The Morgan fingerprint density at radius 1 is 1.53 bits per heavy atom. The molecule has 1 heterocycles. The van der Waals surface area contributed by atoms with Gasteiger partial charge in [0.25, 0.3) is 0 Å². The molecule has 0 saturated heterocycles. The molecule has 1 aromatic heterocycles. The molecule has 1 aromatic rings.